The zero-order chi connectivity index (χ0) is 21.8. The van der Waals surface area contributed by atoms with Crippen molar-refractivity contribution in [3.63, 3.8) is 0 Å². The van der Waals surface area contributed by atoms with E-state index in [0.29, 0.717) is 18.3 Å². The number of dihydropyridines is 1. The number of aliphatic imine (C=N–C) groups is 1. The fourth-order valence-corrected chi connectivity index (χ4v) is 3.61. The van der Waals surface area contributed by atoms with E-state index < -0.39 is 0 Å². The third-order valence-electron chi connectivity index (χ3n) is 5.12. The Labute approximate surface area is 179 Å². The maximum absolute atomic E-state index is 12.6. The van der Waals surface area contributed by atoms with Gasteiger partial charge in [0.15, 0.2) is 0 Å². The normalized spacial score (nSPS) is 15.5. The summed E-state index contributed by atoms with van der Waals surface area (Å²) in [6.07, 6.45) is 10.5. The minimum Gasteiger partial charge on any atom is -0.481 e. The van der Waals surface area contributed by atoms with Crippen LogP contribution >= 0.6 is 0 Å². The van der Waals surface area contributed by atoms with E-state index in [0.717, 1.165) is 28.2 Å². The number of methoxy groups -OCH3 is 1. The molecule has 3 aromatic rings. The zero-order valence-electron chi connectivity index (χ0n) is 17.6. The fourth-order valence-electron chi connectivity index (χ4n) is 3.61. The molecule has 0 aromatic carbocycles. The van der Waals surface area contributed by atoms with E-state index in [1.807, 2.05) is 26.0 Å². The molecule has 158 valence electrons. The molecule has 0 saturated carbocycles. The molecule has 0 aliphatic carbocycles. The Hall–Kier alpha value is -3.88. The van der Waals surface area contributed by atoms with E-state index in [1.54, 1.807) is 42.6 Å². The molecule has 0 saturated heterocycles. The van der Waals surface area contributed by atoms with Crippen molar-refractivity contribution in [1.29, 1.82) is 0 Å². The molecular formula is C22H23N7O2. The molecule has 1 N–H and O–H groups in total. The number of hydrogen-bond donors (Lipinski definition) is 1. The number of ether oxygens (including phenoxy) is 1. The lowest BCUT2D eigenvalue weighted by Gasteiger charge is -2.16. The molecule has 9 nitrogen and oxygen atoms in total. The molecule has 0 radical (unpaired) electrons. The van der Waals surface area contributed by atoms with Gasteiger partial charge in [0.2, 0.25) is 11.8 Å². The summed E-state index contributed by atoms with van der Waals surface area (Å²) in [7, 11) is 1.61. The summed E-state index contributed by atoms with van der Waals surface area (Å²) in [5.74, 6) is 1.01. The summed E-state index contributed by atoms with van der Waals surface area (Å²) in [5, 5.41) is 7.39. The van der Waals surface area contributed by atoms with Gasteiger partial charge in [-0.05, 0) is 32.1 Å². The van der Waals surface area contributed by atoms with Crippen molar-refractivity contribution in [3.8, 4) is 11.3 Å². The number of aryl methyl sites for hydroxylation is 1. The molecule has 31 heavy (non-hydrogen) atoms. The molecule has 1 aliphatic heterocycles. The van der Waals surface area contributed by atoms with Crippen LogP contribution in [0.15, 0.2) is 54.1 Å². The first kappa shape index (κ1) is 20.4. The number of aromatic nitrogens is 5. The van der Waals surface area contributed by atoms with E-state index in [1.165, 1.54) is 0 Å². The lowest BCUT2D eigenvalue weighted by atomic mass is 9.95. The summed E-state index contributed by atoms with van der Waals surface area (Å²) in [6.45, 7) is 4.62. The molecule has 1 aliphatic rings. The van der Waals surface area contributed by atoms with Crippen LogP contribution in [0.4, 0.5) is 5.82 Å². The highest BCUT2D eigenvalue weighted by Gasteiger charge is 2.22. The number of amides is 1. The van der Waals surface area contributed by atoms with Gasteiger partial charge in [-0.15, -0.1) is 0 Å². The topological polar surface area (TPSA) is 107 Å². The first-order valence-corrected chi connectivity index (χ1v) is 9.88. The van der Waals surface area contributed by atoms with Crippen molar-refractivity contribution in [3.05, 3.63) is 66.0 Å². The summed E-state index contributed by atoms with van der Waals surface area (Å²) >= 11 is 0. The van der Waals surface area contributed by atoms with Crippen LogP contribution in [-0.2, 0) is 16.1 Å². The van der Waals surface area contributed by atoms with Gasteiger partial charge in [0.05, 0.1) is 31.2 Å². The van der Waals surface area contributed by atoms with E-state index >= 15 is 0 Å². The number of nitrogens with zero attached hydrogens (tertiary/aromatic N) is 6. The molecule has 0 fully saturated rings. The first-order chi connectivity index (χ1) is 15.0. The van der Waals surface area contributed by atoms with Gasteiger partial charge >= 0.3 is 0 Å². The number of hydrogen-bond acceptors (Lipinski definition) is 7. The van der Waals surface area contributed by atoms with Crippen LogP contribution < -0.4 is 5.32 Å². The second kappa shape index (κ2) is 8.86. The van der Waals surface area contributed by atoms with Gasteiger partial charge in [0.25, 0.3) is 0 Å². The molecule has 1 unspecified atom stereocenters. The molecule has 4 heterocycles. The van der Waals surface area contributed by atoms with Crippen molar-refractivity contribution in [2.24, 2.45) is 4.99 Å². The molecule has 4 rings (SSSR count). The van der Waals surface area contributed by atoms with E-state index in [2.05, 4.69) is 36.4 Å². The Morgan fingerprint density at radius 2 is 2.10 bits per heavy atom. The predicted molar refractivity (Wildman–Crippen MR) is 117 cm³/mol. The molecule has 0 bridgehead atoms. The highest BCUT2D eigenvalue weighted by molar-refractivity contribution is 5.90. The Morgan fingerprint density at radius 3 is 2.74 bits per heavy atom. The third kappa shape index (κ3) is 4.50. The second-order valence-electron chi connectivity index (χ2n) is 7.16. The summed E-state index contributed by atoms with van der Waals surface area (Å²) in [4.78, 5) is 29.6. The van der Waals surface area contributed by atoms with Crippen LogP contribution in [-0.4, -0.2) is 50.2 Å². The monoisotopic (exact) mass is 417 g/mol. The zero-order valence-corrected chi connectivity index (χ0v) is 17.6. The van der Waals surface area contributed by atoms with E-state index in [4.69, 9.17) is 4.74 Å². The van der Waals surface area contributed by atoms with Gasteiger partial charge in [-0.1, -0.05) is 6.08 Å². The quantitative estimate of drug-likeness (QED) is 0.684. The SMILES string of the molecule is COC1=NCC(c2c(C)nn(CC(=O)Nc3ccc(-c4cnccn4)cn3)c2C)C=C1. The fraction of sp³-hybridized carbons (Fsp3) is 0.273. The molecule has 0 spiro atoms. The first-order valence-electron chi connectivity index (χ1n) is 9.88. The van der Waals surface area contributed by atoms with Gasteiger partial charge in [-0.2, -0.15) is 5.10 Å². The van der Waals surface area contributed by atoms with Crippen LogP contribution in [0.25, 0.3) is 11.3 Å². The Balaban J connectivity index is 1.42. The Kier molecular flexibility index (Phi) is 5.83. The highest BCUT2D eigenvalue weighted by Crippen LogP contribution is 2.27. The summed E-state index contributed by atoms with van der Waals surface area (Å²) in [6, 6.07) is 3.59. The number of nitrogens with one attached hydrogen (secondary N) is 1. The van der Waals surface area contributed by atoms with Crippen LogP contribution in [0.5, 0.6) is 0 Å². The minimum atomic E-state index is -0.198. The average Bonchev–Trinajstić information content (AvgIpc) is 3.07. The predicted octanol–water partition coefficient (Wildman–Crippen LogP) is 2.69. The largest absolute Gasteiger partial charge is 0.481 e. The van der Waals surface area contributed by atoms with Crippen molar-refractivity contribution in [2.75, 3.05) is 19.0 Å². The van der Waals surface area contributed by atoms with Crippen LogP contribution in [0, 0.1) is 13.8 Å². The van der Waals surface area contributed by atoms with Crippen molar-refractivity contribution in [1.82, 2.24) is 24.7 Å². The van der Waals surface area contributed by atoms with Gasteiger partial charge < -0.3 is 10.1 Å². The van der Waals surface area contributed by atoms with Crippen LogP contribution in [0.2, 0.25) is 0 Å². The van der Waals surface area contributed by atoms with Gasteiger partial charge in [0, 0.05) is 41.3 Å². The Morgan fingerprint density at radius 1 is 1.23 bits per heavy atom. The Bertz CT molecular complexity index is 1130. The second-order valence-corrected chi connectivity index (χ2v) is 7.16. The van der Waals surface area contributed by atoms with Crippen LogP contribution in [0.3, 0.4) is 0 Å². The number of anilines is 1. The number of rotatable bonds is 5. The van der Waals surface area contributed by atoms with Crippen molar-refractivity contribution in [2.45, 2.75) is 26.3 Å². The lowest BCUT2D eigenvalue weighted by molar-refractivity contribution is -0.117. The lowest BCUT2D eigenvalue weighted by Crippen LogP contribution is -2.21. The van der Waals surface area contributed by atoms with Crippen LogP contribution in [0.1, 0.15) is 22.9 Å². The van der Waals surface area contributed by atoms with Gasteiger partial charge in [-0.3, -0.25) is 24.4 Å². The van der Waals surface area contributed by atoms with Crippen molar-refractivity contribution < 1.29 is 9.53 Å². The standard InChI is InChI=1S/C22H23N7O2/c1-14-22(17-5-7-21(31-3)26-11-17)15(2)29(28-14)13-20(30)27-19-6-4-16(10-25-19)18-12-23-8-9-24-18/h4-10,12,17H,11,13H2,1-3H3,(H,25,27,30). The van der Waals surface area contributed by atoms with Gasteiger partial charge in [-0.25, -0.2) is 4.98 Å². The van der Waals surface area contributed by atoms with E-state index in [9.17, 15) is 4.79 Å². The highest BCUT2D eigenvalue weighted by atomic mass is 16.5. The maximum Gasteiger partial charge on any atom is 0.247 e. The number of carbonyl (C=O) groups excluding carboxylic acids is 1. The summed E-state index contributed by atoms with van der Waals surface area (Å²) < 4.78 is 6.88. The smallest absolute Gasteiger partial charge is 0.247 e. The summed E-state index contributed by atoms with van der Waals surface area (Å²) in [5.41, 5.74) is 4.48. The molecule has 3 aromatic heterocycles. The molecule has 1 amide bonds. The van der Waals surface area contributed by atoms with Gasteiger partial charge in [0.1, 0.15) is 12.4 Å². The maximum atomic E-state index is 12.6. The molecular weight excluding hydrogens is 394 g/mol. The number of pyridine rings is 1. The molecule has 9 heteroatoms. The molecule has 1 atom stereocenters. The third-order valence-corrected chi connectivity index (χ3v) is 5.12. The average molecular weight is 417 g/mol. The number of carbonyl (C=O) groups is 1. The minimum absolute atomic E-state index is 0.100. The van der Waals surface area contributed by atoms with E-state index in [-0.39, 0.29) is 18.4 Å². The van der Waals surface area contributed by atoms with Crippen molar-refractivity contribution >= 4 is 17.6 Å².